The third-order valence-electron chi connectivity index (χ3n) is 3.60. The van der Waals surface area contributed by atoms with E-state index in [9.17, 15) is 0 Å². The van der Waals surface area contributed by atoms with Gasteiger partial charge in [-0.25, -0.2) is 0 Å². The summed E-state index contributed by atoms with van der Waals surface area (Å²) in [6.07, 6.45) is 0. The van der Waals surface area contributed by atoms with Crippen LogP contribution in [-0.2, 0) is 13.1 Å². The predicted octanol–water partition coefficient (Wildman–Crippen LogP) is 3.15. The number of hydrogen-bond acceptors (Lipinski definition) is 4. The van der Waals surface area contributed by atoms with Crippen molar-refractivity contribution in [1.29, 1.82) is 0 Å². The highest BCUT2D eigenvalue weighted by atomic mass is 32.2. The minimum Gasteiger partial charge on any atom is -0.311 e. The zero-order valence-corrected chi connectivity index (χ0v) is 14.6. The minimum atomic E-state index is 0.682. The zero-order valence-electron chi connectivity index (χ0n) is 13.8. The molecule has 0 amide bonds. The van der Waals surface area contributed by atoms with E-state index in [1.165, 1.54) is 18.8 Å². The van der Waals surface area contributed by atoms with Crippen molar-refractivity contribution in [3.63, 3.8) is 0 Å². The maximum Gasteiger partial charge on any atom is 0.0547 e. The van der Waals surface area contributed by atoms with Crippen molar-refractivity contribution >= 4 is 11.8 Å². The molecule has 3 nitrogen and oxygen atoms in total. The third kappa shape index (κ3) is 5.97. The molecule has 1 fully saturated rings. The molecule has 2 unspecified atom stereocenters. The van der Waals surface area contributed by atoms with Crippen LogP contribution in [0.25, 0.3) is 0 Å². The molecule has 0 radical (unpaired) electrons. The van der Waals surface area contributed by atoms with Crippen LogP contribution in [0.4, 0.5) is 0 Å². The molecule has 2 rings (SSSR count). The highest BCUT2D eigenvalue weighted by Gasteiger charge is 2.22. The second-order valence-corrected chi connectivity index (χ2v) is 8.48. The molecule has 2 atom stereocenters. The molecule has 0 aliphatic carbocycles. The molecule has 0 aromatic carbocycles. The summed E-state index contributed by atoms with van der Waals surface area (Å²) in [5, 5.41) is 4.92. The Balaban J connectivity index is 1.88. The van der Waals surface area contributed by atoms with Crippen molar-refractivity contribution < 1.29 is 0 Å². The van der Waals surface area contributed by atoms with Crippen LogP contribution in [0.2, 0.25) is 0 Å². The van der Waals surface area contributed by atoms with Crippen LogP contribution >= 0.6 is 11.8 Å². The molecule has 118 valence electrons. The Morgan fingerprint density at radius 1 is 1.24 bits per heavy atom. The molecule has 1 aliphatic heterocycles. The van der Waals surface area contributed by atoms with Crippen molar-refractivity contribution in [3.8, 4) is 0 Å². The average Bonchev–Trinajstić information content (AvgIpc) is 2.37. The number of thioether (sulfide) groups is 1. The SMILES string of the molecule is CC(C)CNCc1cccc(CN2CC(C)SC(C)C2)n1. The number of nitrogens with zero attached hydrogens (tertiary/aromatic N) is 2. The van der Waals surface area contributed by atoms with Gasteiger partial charge >= 0.3 is 0 Å². The van der Waals surface area contributed by atoms with E-state index in [0.29, 0.717) is 5.92 Å². The summed E-state index contributed by atoms with van der Waals surface area (Å²) in [6, 6.07) is 6.41. The quantitative estimate of drug-likeness (QED) is 0.874. The van der Waals surface area contributed by atoms with Crippen LogP contribution in [0.1, 0.15) is 39.1 Å². The molecule has 0 spiro atoms. The minimum absolute atomic E-state index is 0.682. The summed E-state index contributed by atoms with van der Waals surface area (Å²) in [4.78, 5) is 7.34. The molecule has 4 heteroatoms. The summed E-state index contributed by atoms with van der Waals surface area (Å²) in [5.74, 6) is 0.682. The Bertz CT molecular complexity index is 426. The lowest BCUT2D eigenvalue weighted by Crippen LogP contribution is -2.39. The Morgan fingerprint density at radius 2 is 1.90 bits per heavy atom. The largest absolute Gasteiger partial charge is 0.311 e. The molecule has 1 N–H and O–H groups in total. The smallest absolute Gasteiger partial charge is 0.0547 e. The second-order valence-electron chi connectivity index (χ2n) is 6.60. The summed E-state index contributed by atoms with van der Waals surface area (Å²) in [6.45, 7) is 14.4. The fraction of sp³-hybridized carbons (Fsp3) is 0.706. The summed E-state index contributed by atoms with van der Waals surface area (Å²) in [5.41, 5.74) is 2.35. The highest BCUT2D eigenvalue weighted by Crippen LogP contribution is 2.25. The second kappa shape index (κ2) is 8.16. The van der Waals surface area contributed by atoms with Gasteiger partial charge in [-0.2, -0.15) is 11.8 Å². The first kappa shape index (κ1) is 16.8. The molecule has 1 saturated heterocycles. The number of hydrogen-bond donors (Lipinski definition) is 1. The van der Waals surface area contributed by atoms with Crippen molar-refractivity contribution in [2.75, 3.05) is 19.6 Å². The Kier molecular flexibility index (Phi) is 6.52. The van der Waals surface area contributed by atoms with Gasteiger partial charge in [0.25, 0.3) is 0 Å². The van der Waals surface area contributed by atoms with Gasteiger partial charge in [0, 0.05) is 36.7 Å². The third-order valence-corrected chi connectivity index (χ3v) is 4.83. The lowest BCUT2D eigenvalue weighted by atomic mass is 10.2. The van der Waals surface area contributed by atoms with E-state index < -0.39 is 0 Å². The fourth-order valence-electron chi connectivity index (χ4n) is 2.85. The summed E-state index contributed by atoms with van der Waals surface area (Å²) < 4.78 is 0. The van der Waals surface area contributed by atoms with E-state index in [2.05, 4.69) is 67.9 Å². The average molecular weight is 308 g/mol. The van der Waals surface area contributed by atoms with Crippen LogP contribution in [0.5, 0.6) is 0 Å². The van der Waals surface area contributed by atoms with Crippen molar-refractivity contribution in [3.05, 3.63) is 29.6 Å². The van der Waals surface area contributed by atoms with E-state index in [-0.39, 0.29) is 0 Å². The van der Waals surface area contributed by atoms with Crippen LogP contribution in [0.15, 0.2) is 18.2 Å². The van der Waals surface area contributed by atoms with Crippen LogP contribution in [0.3, 0.4) is 0 Å². The highest BCUT2D eigenvalue weighted by molar-refractivity contribution is 8.00. The summed E-state index contributed by atoms with van der Waals surface area (Å²) in [7, 11) is 0. The van der Waals surface area contributed by atoms with Gasteiger partial charge in [0.15, 0.2) is 0 Å². The van der Waals surface area contributed by atoms with Crippen LogP contribution in [-0.4, -0.2) is 40.0 Å². The van der Waals surface area contributed by atoms with Crippen molar-refractivity contribution in [2.45, 2.75) is 51.3 Å². The van der Waals surface area contributed by atoms with Gasteiger partial charge in [0.1, 0.15) is 0 Å². The lowest BCUT2D eigenvalue weighted by Gasteiger charge is -2.34. The normalized spacial score (nSPS) is 23.7. The van der Waals surface area contributed by atoms with Gasteiger partial charge in [-0.1, -0.05) is 33.8 Å². The molecule has 0 bridgehead atoms. The first-order valence-electron chi connectivity index (χ1n) is 8.06. The Hall–Kier alpha value is -0.580. The lowest BCUT2D eigenvalue weighted by molar-refractivity contribution is 0.259. The molecular weight excluding hydrogens is 278 g/mol. The van der Waals surface area contributed by atoms with Gasteiger partial charge in [-0.3, -0.25) is 9.88 Å². The van der Waals surface area contributed by atoms with E-state index in [0.717, 1.165) is 35.8 Å². The molecule has 2 heterocycles. The Labute approximate surface area is 133 Å². The molecule has 1 aromatic heterocycles. The topological polar surface area (TPSA) is 28.2 Å². The van der Waals surface area contributed by atoms with Gasteiger partial charge in [0.2, 0.25) is 0 Å². The first-order valence-corrected chi connectivity index (χ1v) is 9.00. The maximum absolute atomic E-state index is 4.80. The monoisotopic (exact) mass is 307 g/mol. The number of nitrogens with one attached hydrogen (secondary N) is 1. The van der Waals surface area contributed by atoms with Gasteiger partial charge in [-0.15, -0.1) is 0 Å². The number of rotatable bonds is 6. The maximum atomic E-state index is 4.80. The molecule has 21 heavy (non-hydrogen) atoms. The number of pyridine rings is 1. The molecular formula is C17H29N3S. The van der Waals surface area contributed by atoms with E-state index >= 15 is 0 Å². The van der Waals surface area contributed by atoms with Crippen molar-refractivity contribution in [1.82, 2.24) is 15.2 Å². The zero-order chi connectivity index (χ0) is 15.2. The fourth-order valence-corrected chi connectivity index (χ4v) is 4.23. The molecule has 0 saturated carbocycles. The predicted molar refractivity (Wildman–Crippen MR) is 92.6 cm³/mol. The van der Waals surface area contributed by atoms with E-state index in [4.69, 9.17) is 4.98 Å². The van der Waals surface area contributed by atoms with E-state index in [1.807, 2.05) is 0 Å². The first-order chi connectivity index (χ1) is 10.0. The van der Waals surface area contributed by atoms with E-state index in [1.54, 1.807) is 0 Å². The number of aromatic nitrogens is 1. The van der Waals surface area contributed by atoms with Gasteiger partial charge < -0.3 is 5.32 Å². The van der Waals surface area contributed by atoms with Crippen LogP contribution < -0.4 is 5.32 Å². The van der Waals surface area contributed by atoms with Crippen LogP contribution in [0, 0.1) is 5.92 Å². The standard InChI is InChI=1S/C17H29N3S/c1-13(2)8-18-9-16-6-5-7-17(19-16)12-20-10-14(3)21-15(4)11-20/h5-7,13-15,18H,8-12H2,1-4H3. The van der Waals surface area contributed by atoms with Gasteiger partial charge in [-0.05, 0) is 24.6 Å². The summed E-state index contributed by atoms with van der Waals surface area (Å²) >= 11 is 2.10. The molecule has 1 aliphatic rings. The molecule has 1 aromatic rings. The van der Waals surface area contributed by atoms with Gasteiger partial charge in [0.05, 0.1) is 11.4 Å². The Morgan fingerprint density at radius 3 is 2.57 bits per heavy atom. The van der Waals surface area contributed by atoms with Crippen molar-refractivity contribution in [2.24, 2.45) is 5.92 Å².